The van der Waals surface area contributed by atoms with Gasteiger partial charge in [0.1, 0.15) is 6.29 Å². The molecule has 0 aromatic carbocycles. The molecule has 0 saturated carbocycles. The topological polar surface area (TPSA) is 58.2 Å². The van der Waals surface area contributed by atoms with Crippen LogP contribution in [0, 0.1) is 0 Å². The highest BCUT2D eigenvalue weighted by Gasteiger charge is 2.14. The lowest BCUT2D eigenvalue weighted by Gasteiger charge is -2.16. The highest BCUT2D eigenvalue weighted by molar-refractivity contribution is 5.83. The summed E-state index contributed by atoms with van der Waals surface area (Å²) >= 11 is 0. The molecule has 1 amide bonds. The molecule has 0 aliphatic rings. The number of carbonyl (C=O) groups excluding carboxylic acids is 2. The molecule has 16 heavy (non-hydrogen) atoms. The summed E-state index contributed by atoms with van der Waals surface area (Å²) in [6.07, 6.45) is 4.84. The summed E-state index contributed by atoms with van der Waals surface area (Å²) < 4.78 is 0. The van der Waals surface area contributed by atoms with Crippen LogP contribution in [0.2, 0.25) is 0 Å². The maximum atomic E-state index is 11.6. The van der Waals surface area contributed by atoms with E-state index in [4.69, 9.17) is 0 Å². The fourth-order valence-electron chi connectivity index (χ4n) is 1.33. The number of aldehydes is 1. The molecule has 2 atom stereocenters. The maximum absolute atomic E-state index is 11.6. The Morgan fingerprint density at radius 3 is 2.50 bits per heavy atom. The molecule has 2 N–H and O–H groups in total. The van der Waals surface area contributed by atoms with Gasteiger partial charge in [-0.1, -0.05) is 26.7 Å². The molecular formula is C12H24N2O2. The van der Waals surface area contributed by atoms with Crippen LogP contribution < -0.4 is 10.6 Å². The Labute approximate surface area is 98.2 Å². The van der Waals surface area contributed by atoms with E-state index in [2.05, 4.69) is 17.6 Å². The second-order valence-electron chi connectivity index (χ2n) is 4.04. The number of carbonyl (C=O) groups is 2. The standard InChI is InChI=1S/C12H24N2O2/c1-4-6-7-8-13-10(3)12(16)14-11(5-2)9-15/h9-11,13H,4-8H2,1-3H3,(H,14,16)/t10-,11?/m0/s1. The average Bonchev–Trinajstić information content (AvgIpc) is 2.30. The molecule has 0 aromatic rings. The third-order valence-corrected chi connectivity index (χ3v) is 2.56. The fraction of sp³-hybridized carbons (Fsp3) is 0.833. The fourth-order valence-corrected chi connectivity index (χ4v) is 1.33. The number of hydrogen-bond donors (Lipinski definition) is 2. The summed E-state index contributed by atoms with van der Waals surface area (Å²) in [4.78, 5) is 22.2. The van der Waals surface area contributed by atoms with Gasteiger partial charge in [-0.15, -0.1) is 0 Å². The SMILES string of the molecule is CCCCCN[C@@H](C)C(=O)NC(C=O)CC. The van der Waals surface area contributed by atoms with Crippen molar-refractivity contribution in [3.05, 3.63) is 0 Å². The molecule has 0 radical (unpaired) electrons. The molecule has 0 saturated heterocycles. The van der Waals surface area contributed by atoms with Crippen molar-refractivity contribution in [2.45, 2.75) is 58.5 Å². The average molecular weight is 228 g/mol. The Balaban J connectivity index is 3.76. The molecule has 0 heterocycles. The van der Waals surface area contributed by atoms with Crippen molar-refractivity contribution in [3.63, 3.8) is 0 Å². The van der Waals surface area contributed by atoms with Crippen molar-refractivity contribution in [1.82, 2.24) is 10.6 Å². The first-order chi connectivity index (χ1) is 7.65. The molecule has 0 bridgehead atoms. The van der Waals surface area contributed by atoms with E-state index in [9.17, 15) is 9.59 Å². The van der Waals surface area contributed by atoms with Gasteiger partial charge in [-0.05, 0) is 26.3 Å². The van der Waals surface area contributed by atoms with Gasteiger partial charge in [0, 0.05) is 0 Å². The van der Waals surface area contributed by atoms with E-state index >= 15 is 0 Å². The largest absolute Gasteiger partial charge is 0.345 e. The zero-order valence-electron chi connectivity index (χ0n) is 10.6. The minimum absolute atomic E-state index is 0.101. The van der Waals surface area contributed by atoms with E-state index in [1.165, 1.54) is 12.8 Å². The van der Waals surface area contributed by atoms with E-state index in [0.717, 1.165) is 19.3 Å². The number of nitrogens with one attached hydrogen (secondary N) is 2. The van der Waals surface area contributed by atoms with Gasteiger partial charge in [-0.25, -0.2) is 0 Å². The molecule has 0 rings (SSSR count). The summed E-state index contributed by atoms with van der Waals surface area (Å²) in [5.41, 5.74) is 0. The van der Waals surface area contributed by atoms with Crippen molar-refractivity contribution in [2.75, 3.05) is 6.54 Å². The molecule has 4 nitrogen and oxygen atoms in total. The van der Waals surface area contributed by atoms with Gasteiger partial charge in [0.2, 0.25) is 5.91 Å². The second-order valence-corrected chi connectivity index (χ2v) is 4.04. The van der Waals surface area contributed by atoms with Crippen LogP contribution in [0.3, 0.4) is 0 Å². The Morgan fingerprint density at radius 2 is 2.00 bits per heavy atom. The first-order valence-corrected chi connectivity index (χ1v) is 6.14. The first kappa shape index (κ1) is 15.1. The molecule has 4 heteroatoms. The third kappa shape index (κ3) is 6.56. The van der Waals surface area contributed by atoms with Crippen LogP contribution >= 0.6 is 0 Å². The molecule has 0 aromatic heterocycles. The van der Waals surface area contributed by atoms with Crippen LogP contribution in [0.1, 0.15) is 46.5 Å². The predicted octanol–water partition coefficient (Wildman–Crippen LogP) is 1.25. The maximum Gasteiger partial charge on any atom is 0.237 e. The highest BCUT2D eigenvalue weighted by atomic mass is 16.2. The highest BCUT2D eigenvalue weighted by Crippen LogP contribution is 1.93. The van der Waals surface area contributed by atoms with Crippen molar-refractivity contribution < 1.29 is 9.59 Å². The molecule has 1 unspecified atom stereocenters. The number of rotatable bonds is 9. The van der Waals surface area contributed by atoms with Crippen LogP contribution in [-0.4, -0.2) is 30.8 Å². The predicted molar refractivity (Wildman–Crippen MR) is 65.3 cm³/mol. The van der Waals surface area contributed by atoms with Crippen LogP contribution in [-0.2, 0) is 9.59 Å². The first-order valence-electron chi connectivity index (χ1n) is 6.14. The summed E-state index contributed by atoms with van der Waals surface area (Å²) in [5.74, 6) is -0.101. The molecule has 0 spiro atoms. The zero-order chi connectivity index (χ0) is 12.4. The lowest BCUT2D eigenvalue weighted by molar-refractivity contribution is -0.125. The van der Waals surface area contributed by atoms with Gasteiger partial charge < -0.3 is 15.4 Å². The van der Waals surface area contributed by atoms with E-state index in [1.807, 2.05) is 13.8 Å². The number of amides is 1. The third-order valence-electron chi connectivity index (χ3n) is 2.56. The summed E-state index contributed by atoms with van der Waals surface area (Å²) in [6.45, 7) is 6.68. The van der Waals surface area contributed by atoms with Gasteiger partial charge in [0.25, 0.3) is 0 Å². The normalized spacial score (nSPS) is 14.2. The van der Waals surface area contributed by atoms with Crippen LogP contribution in [0.4, 0.5) is 0 Å². The molecule has 0 aliphatic heterocycles. The second kappa shape index (κ2) is 9.33. The molecular weight excluding hydrogens is 204 g/mol. The Bertz CT molecular complexity index is 207. The van der Waals surface area contributed by atoms with Crippen LogP contribution in [0.15, 0.2) is 0 Å². The Morgan fingerprint density at radius 1 is 1.31 bits per heavy atom. The van der Waals surface area contributed by atoms with E-state index in [1.54, 1.807) is 0 Å². The summed E-state index contributed by atoms with van der Waals surface area (Å²) in [5, 5.41) is 5.83. The van der Waals surface area contributed by atoms with Gasteiger partial charge in [-0.3, -0.25) is 4.79 Å². The summed E-state index contributed by atoms with van der Waals surface area (Å²) in [7, 11) is 0. The monoisotopic (exact) mass is 228 g/mol. The number of unbranched alkanes of at least 4 members (excludes halogenated alkanes) is 2. The van der Waals surface area contributed by atoms with Crippen molar-refractivity contribution >= 4 is 12.2 Å². The van der Waals surface area contributed by atoms with E-state index < -0.39 is 0 Å². The number of hydrogen-bond acceptors (Lipinski definition) is 3. The van der Waals surface area contributed by atoms with Crippen LogP contribution in [0.25, 0.3) is 0 Å². The molecule has 0 aliphatic carbocycles. The van der Waals surface area contributed by atoms with Gasteiger partial charge in [0.15, 0.2) is 0 Å². The van der Waals surface area contributed by atoms with Gasteiger partial charge in [-0.2, -0.15) is 0 Å². The van der Waals surface area contributed by atoms with Gasteiger partial charge in [0.05, 0.1) is 12.1 Å². The Kier molecular flexibility index (Phi) is 8.81. The minimum atomic E-state index is -0.354. The Hall–Kier alpha value is -0.900. The zero-order valence-corrected chi connectivity index (χ0v) is 10.6. The van der Waals surface area contributed by atoms with E-state index in [0.29, 0.717) is 6.42 Å². The summed E-state index contributed by atoms with van der Waals surface area (Å²) in [6, 6.07) is -0.585. The quantitative estimate of drug-likeness (QED) is 0.461. The lowest BCUT2D eigenvalue weighted by Crippen LogP contribution is -2.46. The smallest absolute Gasteiger partial charge is 0.237 e. The van der Waals surface area contributed by atoms with E-state index in [-0.39, 0.29) is 18.0 Å². The molecule has 0 fully saturated rings. The van der Waals surface area contributed by atoms with Crippen molar-refractivity contribution in [1.29, 1.82) is 0 Å². The van der Waals surface area contributed by atoms with Crippen LogP contribution in [0.5, 0.6) is 0 Å². The van der Waals surface area contributed by atoms with Crippen molar-refractivity contribution in [2.24, 2.45) is 0 Å². The minimum Gasteiger partial charge on any atom is -0.345 e. The lowest BCUT2D eigenvalue weighted by atomic mass is 10.2. The van der Waals surface area contributed by atoms with Crippen molar-refractivity contribution in [3.8, 4) is 0 Å². The van der Waals surface area contributed by atoms with Gasteiger partial charge >= 0.3 is 0 Å². The molecule has 94 valence electrons.